The van der Waals surface area contributed by atoms with Crippen LogP contribution >= 0.6 is 0 Å². The van der Waals surface area contributed by atoms with E-state index in [1.165, 1.54) is 11.1 Å². The predicted octanol–water partition coefficient (Wildman–Crippen LogP) is 4.02. The van der Waals surface area contributed by atoms with Gasteiger partial charge in [0.2, 0.25) is 0 Å². The summed E-state index contributed by atoms with van der Waals surface area (Å²) in [5.74, 6) is -1.37. The highest BCUT2D eigenvalue weighted by Gasteiger charge is 2.29. The summed E-state index contributed by atoms with van der Waals surface area (Å²) in [4.78, 5) is 23.0. The molecule has 0 aliphatic heterocycles. The molecule has 2 N–H and O–H groups in total. The standard InChI is InChI=1S/C21H23NO4/c1-13(20(23)24)11-14(2)22-21(25)26-12-19-17-9-5-3-7-15(17)16-8-4-6-10-18(16)19/h3-10,13-14,19H,11-12H2,1-2H3,(H,22,25)(H,23,24)/t13-,14-/m1/s1. The highest BCUT2D eigenvalue weighted by molar-refractivity contribution is 5.79. The maximum atomic E-state index is 12.1. The summed E-state index contributed by atoms with van der Waals surface area (Å²) in [5.41, 5.74) is 4.68. The Morgan fingerprint density at radius 1 is 1.04 bits per heavy atom. The number of aliphatic carboxylic acids is 1. The lowest BCUT2D eigenvalue weighted by Crippen LogP contribution is -2.35. The normalized spacial score (nSPS) is 14.8. The van der Waals surface area contributed by atoms with Crippen LogP contribution in [-0.4, -0.2) is 29.8 Å². The van der Waals surface area contributed by atoms with Crippen molar-refractivity contribution in [1.29, 1.82) is 0 Å². The molecule has 0 fully saturated rings. The van der Waals surface area contributed by atoms with Crippen LogP contribution < -0.4 is 5.32 Å². The van der Waals surface area contributed by atoms with Crippen molar-refractivity contribution in [3.05, 3.63) is 59.7 Å². The van der Waals surface area contributed by atoms with Crippen LogP contribution in [-0.2, 0) is 9.53 Å². The molecule has 1 amide bonds. The molecule has 0 radical (unpaired) electrons. The van der Waals surface area contributed by atoms with Crippen LogP contribution in [0.3, 0.4) is 0 Å². The second-order valence-corrected chi connectivity index (χ2v) is 6.85. The van der Waals surface area contributed by atoms with Gasteiger partial charge in [0.15, 0.2) is 0 Å². The second-order valence-electron chi connectivity index (χ2n) is 6.85. The summed E-state index contributed by atoms with van der Waals surface area (Å²) in [6.07, 6.45) is -0.156. The van der Waals surface area contributed by atoms with Crippen molar-refractivity contribution in [2.24, 2.45) is 5.92 Å². The fourth-order valence-corrected chi connectivity index (χ4v) is 3.53. The molecule has 2 aromatic rings. The van der Waals surface area contributed by atoms with E-state index in [9.17, 15) is 9.59 Å². The van der Waals surface area contributed by atoms with Crippen LogP contribution in [0, 0.1) is 5.92 Å². The van der Waals surface area contributed by atoms with E-state index in [-0.39, 0.29) is 18.6 Å². The zero-order valence-corrected chi connectivity index (χ0v) is 14.9. The first-order chi connectivity index (χ1) is 12.5. The van der Waals surface area contributed by atoms with Crippen LogP contribution in [0.4, 0.5) is 4.79 Å². The summed E-state index contributed by atoms with van der Waals surface area (Å²) in [7, 11) is 0. The zero-order chi connectivity index (χ0) is 18.7. The molecule has 0 spiro atoms. The van der Waals surface area contributed by atoms with Crippen LogP contribution in [0.1, 0.15) is 37.3 Å². The summed E-state index contributed by atoms with van der Waals surface area (Å²) in [6.45, 7) is 3.65. The lowest BCUT2D eigenvalue weighted by molar-refractivity contribution is -0.141. The number of fused-ring (bicyclic) bond motifs is 3. The topological polar surface area (TPSA) is 75.6 Å². The Labute approximate surface area is 153 Å². The Morgan fingerprint density at radius 3 is 2.12 bits per heavy atom. The minimum atomic E-state index is -0.869. The van der Waals surface area contributed by atoms with E-state index in [4.69, 9.17) is 9.84 Å². The number of carboxylic acids is 1. The number of ether oxygens (including phenoxy) is 1. The summed E-state index contributed by atoms with van der Waals surface area (Å²) >= 11 is 0. The average molecular weight is 353 g/mol. The fourth-order valence-electron chi connectivity index (χ4n) is 3.53. The van der Waals surface area contributed by atoms with E-state index in [1.807, 2.05) is 24.3 Å². The number of amides is 1. The highest BCUT2D eigenvalue weighted by Crippen LogP contribution is 2.44. The summed E-state index contributed by atoms with van der Waals surface area (Å²) in [5, 5.41) is 11.7. The van der Waals surface area contributed by atoms with Crippen molar-refractivity contribution in [3.63, 3.8) is 0 Å². The molecule has 5 nitrogen and oxygen atoms in total. The molecule has 26 heavy (non-hydrogen) atoms. The molecule has 0 saturated carbocycles. The number of rotatable bonds is 6. The summed E-state index contributed by atoms with van der Waals surface area (Å²) in [6, 6.07) is 16.1. The Bertz CT molecular complexity index is 772. The Kier molecular flexibility index (Phi) is 5.26. The van der Waals surface area contributed by atoms with Gasteiger partial charge in [-0.3, -0.25) is 4.79 Å². The average Bonchev–Trinajstić information content (AvgIpc) is 2.93. The molecular formula is C21H23NO4. The van der Waals surface area contributed by atoms with Gasteiger partial charge in [0.25, 0.3) is 0 Å². The number of hydrogen-bond acceptors (Lipinski definition) is 3. The minimum Gasteiger partial charge on any atom is -0.481 e. The monoisotopic (exact) mass is 353 g/mol. The third kappa shape index (κ3) is 3.72. The van der Waals surface area contributed by atoms with Gasteiger partial charge in [-0.25, -0.2) is 4.79 Å². The number of carbonyl (C=O) groups is 2. The first-order valence-electron chi connectivity index (χ1n) is 8.81. The van der Waals surface area contributed by atoms with Gasteiger partial charge < -0.3 is 15.2 Å². The molecule has 0 bridgehead atoms. The van der Waals surface area contributed by atoms with E-state index in [1.54, 1.807) is 13.8 Å². The van der Waals surface area contributed by atoms with Crippen molar-refractivity contribution in [1.82, 2.24) is 5.32 Å². The highest BCUT2D eigenvalue weighted by atomic mass is 16.5. The van der Waals surface area contributed by atoms with Gasteiger partial charge in [-0.15, -0.1) is 0 Å². The lowest BCUT2D eigenvalue weighted by Gasteiger charge is -2.18. The van der Waals surface area contributed by atoms with Gasteiger partial charge in [-0.2, -0.15) is 0 Å². The van der Waals surface area contributed by atoms with Gasteiger partial charge in [-0.05, 0) is 35.6 Å². The van der Waals surface area contributed by atoms with Gasteiger partial charge in [0.1, 0.15) is 6.61 Å². The predicted molar refractivity (Wildman–Crippen MR) is 99.1 cm³/mol. The van der Waals surface area contributed by atoms with Crippen molar-refractivity contribution in [2.45, 2.75) is 32.2 Å². The molecule has 0 aromatic heterocycles. The molecule has 0 unspecified atom stereocenters. The third-order valence-electron chi connectivity index (χ3n) is 4.84. The summed E-state index contributed by atoms with van der Waals surface area (Å²) < 4.78 is 5.45. The smallest absolute Gasteiger partial charge is 0.407 e. The molecule has 0 saturated heterocycles. The number of carboxylic acid groups (broad SMARTS) is 1. The SMILES string of the molecule is C[C@H](C[C@@H](C)C(=O)O)NC(=O)OCC1c2ccccc2-c2ccccc21. The zero-order valence-electron chi connectivity index (χ0n) is 14.9. The van der Waals surface area contributed by atoms with Gasteiger partial charge in [0, 0.05) is 12.0 Å². The van der Waals surface area contributed by atoms with Gasteiger partial charge >= 0.3 is 12.1 Å². The number of nitrogens with one attached hydrogen (secondary N) is 1. The van der Waals surface area contributed by atoms with Gasteiger partial charge in [0.05, 0.1) is 5.92 Å². The Balaban J connectivity index is 1.63. The van der Waals surface area contributed by atoms with Crippen molar-refractivity contribution in [2.75, 3.05) is 6.61 Å². The number of alkyl carbamates (subject to hydrolysis) is 1. The molecule has 5 heteroatoms. The second kappa shape index (κ2) is 7.60. The third-order valence-corrected chi connectivity index (χ3v) is 4.84. The van der Waals surface area contributed by atoms with Crippen LogP contribution in [0.25, 0.3) is 11.1 Å². The Hall–Kier alpha value is -2.82. The largest absolute Gasteiger partial charge is 0.481 e. The molecule has 3 rings (SSSR count). The maximum Gasteiger partial charge on any atom is 0.407 e. The molecule has 0 heterocycles. The molecule has 1 aliphatic rings. The number of carbonyl (C=O) groups excluding carboxylic acids is 1. The van der Waals surface area contributed by atoms with Crippen molar-refractivity contribution in [3.8, 4) is 11.1 Å². The quantitative estimate of drug-likeness (QED) is 0.822. The first kappa shape index (κ1) is 18.0. The molecule has 1 aliphatic carbocycles. The molecule has 2 atom stereocenters. The lowest BCUT2D eigenvalue weighted by atomic mass is 9.98. The van der Waals surface area contributed by atoms with Crippen LogP contribution in [0.15, 0.2) is 48.5 Å². The molecular weight excluding hydrogens is 330 g/mol. The van der Waals surface area contributed by atoms with E-state index >= 15 is 0 Å². The van der Waals surface area contributed by atoms with Crippen LogP contribution in [0.2, 0.25) is 0 Å². The Morgan fingerprint density at radius 2 is 1.58 bits per heavy atom. The maximum absolute atomic E-state index is 12.1. The van der Waals surface area contributed by atoms with Gasteiger partial charge in [-0.1, -0.05) is 55.5 Å². The molecule has 136 valence electrons. The number of hydrogen-bond donors (Lipinski definition) is 2. The van der Waals surface area contributed by atoms with Crippen LogP contribution in [0.5, 0.6) is 0 Å². The van der Waals surface area contributed by atoms with E-state index in [0.29, 0.717) is 6.42 Å². The van der Waals surface area contributed by atoms with E-state index < -0.39 is 18.0 Å². The van der Waals surface area contributed by atoms with Crippen molar-refractivity contribution < 1.29 is 19.4 Å². The van der Waals surface area contributed by atoms with E-state index in [0.717, 1.165) is 11.1 Å². The first-order valence-corrected chi connectivity index (χ1v) is 8.81. The molecule has 2 aromatic carbocycles. The minimum absolute atomic E-state index is 0.0152. The van der Waals surface area contributed by atoms with E-state index in [2.05, 4.69) is 29.6 Å². The van der Waals surface area contributed by atoms with Crippen molar-refractivity contribution >= 4 is 12.1 Å². The number of benzene rings is 2. The fraction of sp³-hybridized carbons (Fsp3) is 0.333.